The Bertz CT molecular complexity index is 545. The summed E-state index contributed by atoms with van der Waals surface area (Å²) in [6.07, 6.45) is 0.873. The summed E-state index contributed by atoms with van der Waals surface area (Å²) in [6.45, 7) is 3.57. The van der Waals surface area contributed by atoms with Crippen LogP contribution >= 0.6 is 24.8 Å². The number of amides is 2. The number of nitrogens with two attached hydrogens (primary N) is 1. The average molecular weight is 395 g/mol. The van der Waals surface area contributed by atoms with Crippen molar-refractivity contribution in [3.63, 3.8) is 0 Å². The molecule has 0 atom stereocenters. The van der Waals surface area contributed by atoms with Crippen LogP contribution in [-0.2, 0) is 16.1 Å². The topological polar surface area (TPSA) is 78.7 Å². The van der Waals surface area contributed by atoms with E-state index in [1.165, 1.54) is 12.1 Å². The van der Waals surface area contributed by atoms with Crippen LogP contribution < -0.4 is 11.1 Å². The highest BCUT2D eigenvalue weighted by Gasteiger charge is 2.19. The summed E-state index contributed by atoms with van der Waals surface area (Å²) in [4.78, 5) is 27.2. The van der Waals surface area contributed by atoms with E-state index in [9.17, 15) is 14.0 Å². The number of hydrogen-bond acceptors (Lipinski definition) is 4. The smallest absolute Gasteiger partial charge is 0.242 e. The van der Waals surface area contributed by atoms with Gasteiger partial charge in [-0.2, -0.15) is 0 Å². The Kier molecular flexibility index (Phi) is 11.3. The standard InChI is InChI=1S/C16H23FN4O2.2ClH/c17-14-4-2-13(3-5-14)12-20-6-1-7-21(9-8-20)16(23)11-19-15(22)10-18;;/h2-5H,1,6-12,18H2,(H,19,22);2*1H. The fraction of sp³-hybridized carbons (Fsp3) is 0.500. The number of nitrogens with zero attached hydrogens (tertiary/aromatic N) is 2. The van der Waals surface area contributed by atoms with Crippen LogP contribution in [0.1, 0.15) is 12.0 Å². The van der Waals surface area contributed by atoms with E-state index in [-0.39, 0.29) is 55.5 Å². The van der Waals surface area contributed by atoms with Crippen LogP contribution in [-0.4, -0.2) is 60.9 Å². The first-order valence-electron chi connectivity index (χ1n) is 7.80. The molecule has 142 valence electrons. The molecule has 0 bridgehead atoms. The predicted octanol–water partition coefficient (Wildman–Crippen LogP) is 0.778. The summed E-state index contributed by atoms with van der Waals surface area (Å²) in [5.41, 5.74) is 6.25. The maximum atomic E-state index is 12.9. The van der Waals surface area contributed by atoms with Crippen LogP contribution in [0.4, 0.5) is 4.39 Å². The lowest BCUT2D eigenvalue weighted by Crippen LogP contribution is -2.43. The van der Waals surface area contributed by atoms with E-state index in [0.29, 0.717) is 13.1 Å². The van der Waals surface area contributed by atoms with Crippen LogP contribution in [0.25, 0.3) is 0 Å². The van der Waals surface area contributed by atoms with Crippen molar-refractivity contribution in [3.8, 4) is 0 Å². The molecule has 6 nitrogen and oxygen atoms in total. The van der Waals surface area contributed by atoms with Gasteiger partial charge in [0.25, 0.3) is 0 Å². The lowest BCUT2D eigenvalue weighted by molar-refractivity contribution is -0.132. The molecule has 2 rings (SSSR count). The molecule has 3 N–H and O–H groups in total. The average Bonchev–Trinajstić information content (AvgIpc) is 2.80. The number of carbonyl (C=O) groups is 2. The highest BCUT2D eigenvalue weighted by atomic mass is 35.5. The fourth-order valence-electron chi connectivity index (χ4n) is 2.58. The van der Waals surface area contributed by atoms with Crippen molar-refractivity contribution in [1.29, 1.82) is 0 Å². The number of halogens is 3. The molecule has 1 fully saturated rings. The van der Waals surface area contributed by atoms with Crippen LogP contribution in [0.2, 0.25) is 0 Å². The number of carbonyl (C=O) groups excluding carboxylic acids is 2. The van der Waals surface area contributed by atoms with Gasteiger partial charge in [0.1, 0.15) is 5.82 Å². The van der Waals surface area contributed by atoms with Crippen molar-refractivity contribution in [2.24, 2.45) is 5.73 Å². The maximum absolute atomic E-state index is 12.9. The van der Waals surface area contributed by atoms with Crippen molar-refractivity contribution in [1.82, 2.24) is 15.1 Å². The Morgan fingerprint density at radius 1 is 1.08 bits per heavy atom. The van der Waals surface area contributed by atoms with Gasteiger partial charge in [0.05, 0.1) is 13.1 Å². The summed E-state index contributed by atoms with van der Waals surface area (Å²) < 4.78 is 12.9. The highest BCUT2D eigenvalue weighted by molar-refractivity contribution is 5.86. The molecule has 25 heavy (non-hydrogen) atoms. The summed E-state index contributed by atoms with van der Waals surface area (Å²) in [6, 6.07) is 6.49. The molecule has 1 aromatic carbocycles. The monoisotopic (exact) mass is 394 g/mol. The third-order valence-electron chi connectivity index (χ3n) is 3.88. The lowest BCUT2D eigenvalue weighted by atomic mass is 10.2. The van der Waals surface area contributed by atoms with Gasteiger partial charge in [0, 0.05) is 32.7 Å². The first kappa shape index (κ1) is 23.6. The van der Waals surface area contributed by atoms with E-state index in [0.717, 1.165) is 31.6 Å². The number of nitrogens with one attached hydrogen (secondary N) is 1. The highest BCUT2D eigenvalue weighted by Crippen LogP contribution is 2.10. The normalized spacial score (nSPS) is 14.7. The second kappa shape index (κ2) is 12.0. The number of rotatable bonds is 5. The van der Waals surface area contributed by atoms with E-state index in [4.69, 9.17) is 5.73 Å². The Hall–Kier alpha value is -1.41. The van der Waals surface area contributed by atoms with Gasteiger partial charge >= 0.3 is 0 Å². The number of hydrogen-bond donors (Lipinski definition) is 2. The molecule has 1 heterocycles. The zero-order valence-electron chi connectivity index (χ0n) is 13.9. The van der Waals surface area contributed by atoms with Gasteiger partial charge in [-0.25, -0.2) is 4.39 Å². The van der Waals surface area contributed by atoms with E-state index in [1.807, 2.05) is 0 Å². The van der Waals surface area contributed by atoms with Crippen LogP contribution in [0.3, 0.4) is 0 Å². The summed E-state index contributed by atoms with van der Waals surface area (Å²) in [7, 11) is 0. The van der Waals surface area contributed by atoms with Crippen LogP contribution in [0.5, 0.6) is 0 Å². The van der Waals surface area contributed by atoms with Crippen LogP contribution in [0.15, 0.2) is 24.3 Å². The molecule has 1 saturated heterocycles. The first-order chi connectivity index (χ1) is 11.1. The first-order valence-corrected chi connectivity index (χ1v) is 7.80. The van der Waals surface area contributed by atoms with Crippen molar-refractivity contribution in [2.75, 3.05) is 39.3 Å². The molecule has 0 saturated carbocycles. The second-order valence-electron chi connectivity index (χ2n) is 5.62. The largest absolute Gasteiger partial charge is 0.346 e. The molecule has 1 aliphatic rings. The van der Waals surface area contributed by atoms with E-state index < -0.39 is 0 Å². The quantitative estimate of drug-likeness (QED) is 0.773. The Labute approximate surface area is 159 Å². The molecule has 9 heteroatoms. The van der Waals surface area contributed by atoms with Crippen molar-refractivity contribution < 1.29 is 14.0 Å². The minimum absolute atomic E-state index is 0. The molecular formula is C16H25Cl2FN4O2. The zero-order chi connectivity index (χ0) is 16.7. The molecule has 1 aliphatic heterocycles. The fourth-order valence-corrected chi connectivity index (χ4v) is 2.58. The van der Waals surface area contributed by atoms with Gasteiger partial charge < -0.3 is 16.0 Å². The molecule has 0 unspecified atom stereocenters. The van der Waals surface area contributed by atoms with Gasteiger partial charge in [-0.05, 0) is 24.1 Å². The molecule has 0 radical (unpaired) electrons. The van der Waals surface area contributed by atoms with Gasteiger partial charge in [-0.3, -0.25) is 14.5 Å². The van der Waals surface area contributed by atoms with E-state index >= 15 is 0 Å². The van der Waals surface area contributed by atoms with Gasteiger partial charge in [-0.1, -0.05) is 12.1 Å². The molecule has 2 amide bonds. The summed E-state index contributed by atoms with van der Waals surface area (Å²) >= 11 is 0. The van der Waals surface area contributed by atoms with Gasteiger partial charge in [0.2, 0.25) is 11.8 Å². The van der Waals surface area contributed by atoms with Crippen molar-refractivity contribution >= 4 is 36.6 Å². The molecular weight excluding hydrogens is 370 g/mol. The maximum Gasteiger partial charge on any atom is 0.242 e. The number of benzene rings is 1. The Balaban J connectivity index is 0.00000288. The molecule has 0 spiro atoms. The molecule has 0 aromatic heterocycles. The minimum Gasteiger partial charge on any atom is -0.346 e. The van der Waals surface area contributed by atoms with Gasteiger partial charge in [-0.15, -0.1) is 24.8 Å². The second-order valence-corrected chi connectivity index (χ2v) is 5.62. The third kappa shape index (κ3) is 8.00. The van der Waals surface area contributed by atoms with Crippen LogP contribution in [0, 0.1) is 5.82 Å². The third-order valence-corrected chi connectivity index (χ3v) is 3.88. The zero-order valence-corrected chi connectivity index (χ0v) is 15.6. The van der Waals surface area contributed by atoms with E-state index in [1.54, 1.807) is 17.0 Å². The van der Waals surface area contributed by atoms with E-state index in [2.05, 4.69) is 10.2 Å². The Morgan fingerprint density at radius 3 is 2.40 bits per heavy atom. The lowest BCUT2D eigenvalue weighted by Gasteiger charge is -2.22. The van der Waals surface area contributed by atoms with Gasteiger partial charge in [0.15, 0.2) is 0 Å². The molecule has 0 aliphatic carbocycles. The SMILES string of the molecule is Cl.Cl.NCC(=O)NCC(=O)N1CCCN(Cc2ccc(F)cc2)CC1. The van der Waals surface area contributed by atoms with Crippen molar-refractivity contribution in [3.05, 3.63) is 35.6 Å². The minimum atomic E-state index is -0.328. The summed E-state index contributed by atoms with van der Waals surface area (Å²) in [5, 5.41) is 2.50. The molecule has 1 aromatic rings. The predicted molar refractivity (Wildman–Crippen MR) is 99.4 cm³/mol. The Morgan fingerprint density at radius 2 is 1.76 bits per heavy atom. The summed E-state index contributed by atoms with van der Waals surface area (Å²) in [5.74, 6) is -0.651. The van der Waals surface area contributed by atoms with Crippen molar-refractivity contribution in [2.45, 2.75) is 13.0 Å².